The zero-order chi connectivity index (χ0) is 32.4. The van der Waals surface area contributed by atoms with Gasteiger partial charge in [0.2, 0.25) is 5.91 Å². The van der Waals surface area contributed by atoms with Crippen LogP contribution in [0.2, 0.25) is 0 Å². The summed E-state index contributed by atoms with van der Waals surface area (Å²) >= 11 is 0. The number of carboxylic acids is 1. The van der Waals surface area contributed by atoms with E-state index in [1.165, 1.54) is 12.0 Å². The SMILES string of the molecule is COC(=O)[C@H](Cc1cn(C(c2ccccc2)(c2ccccc2)c2ccccc2)cn1)NC(=O)CN(CC(=O)O)Cc1ccncc1. The number of carbonyl (C=O) groups is 3. The highest BCUT2D eigenvalue weighted by molar-refractivity contribution is 5.86. The first-order chi connectivity index (χ1) is 22.4. The number of nitrogens with one attached hydrogen (secondary N) is 1. The second kappa shape index (κ2) is 14.9. The maximum Gasteiger partial charge on any atom is 0.328 e. The molecule has 0 fully saturated rings. The van der Waals surface area contributed by atoms with Crippen LogP contribution in [0, 0.1) is 0 Å². The third kappa shape index (κ3) is 7.36. The molecule has 0 aliphatic heterocycles. The minimum absolute atomic E-state index is 0.0587. The Balaban J connectivity index is 1.44. The molecule has 1 amide bonds. The van der Waals surface area contributed by atoms with Gasteiger partial charge < -0.3 is 19.7 Å². The van der Waals surface area contributed by atoms with Crippen molar-refractivity contribution in [1.82, 2.24) is 24.8 Å². The monoisotopic (exact) mass is 617 g/mol. The van der Waals surface area contributed by atoms with E-state index < -0.39 is 29.4 Å². The molecule has 46 heavy (non-hydrogen) atoms. The van der Waals surface area contributed by atoms with E-state index in [2.05, 4.69) is 51.7 Å². The van der Waals surface area contributed by atoms with E-state index in [-0.39, 0.29) is 26.1 Å². The van der Waals surface area contributed by atoms with Gasteiger partial charge in [-0.1, -0.05) is 91.0 Å². The number of ether oxygens (including phenoxy) is 1. The van der Waals surface area contributed by atoms with Crippen LogP contribution in [0.4, 0.5) is 0 Å². The van der Waals surface area contributed by atoms with Crippen molar-refractivity contribution in [2.45, 2.75) is 24.5 Å². The first-order valence-corrected chi connectivity index (χ1v) is 14.8. The number of rotatable bonds is 14. The topological polar surface area (TPSA) is 127 Å². The molecule has 2 heterocycles. The van der Waals surface area contributed by atoms with Crippen LogP contribution in [0.5, 0.6) is 0 Å². The summed E-state index contributed by atoms with van der Waals surface area (Å²) in [5, 5.41) is 12.2. The third-order valence-corrected chi connectivity index (χ3v) is 7.71. The van der Waals surface area contributed by atoms with Crippen molar-refractivity contribution in [2.75, 3.05) is 20.2 Å². The lowest BCUT2D eigenvalue weighted by molar-refractivity contribution is -0.145. The van der Waals surface area contributed by atoms with Gasteiger partial charge in [-0.25, -0.2) is 9.78 Å². The summed E-state index contributed by atoms with van der Waals surface area (Å²) in [6, 6.07) is 32.8. The number of imidazole rings is 1. The Bertz CT molecular complexity index is 1630. The molecule has 3 aromatic carbocycles. The summed E-state index contributed by atoms with van der Waals surface area (Å²) in [6.45, 7) is -0.380. The smallest absolute Gasteiger partial charge is 0.328 e. The highest BCUT2D eigenvalue weighted by Gasteiger charge is 2.38. The average molecular weight is 618 g/mol. The lowest BCUT2D eigenvalue weighted by atomic mass is 9.77. The van der Waals surface area contributed by atoms with E-state index in [0.717, 1.165) is 22.3 Å². The van der Waals surface area contributed by atoms with E-state index >= 15 is 0 Å². The number of aromatic nitrogens is 3. The van der Waals surface area contributed by atoms with E-state index in [1.807, 2.05) is 65.4 Å². The van der Waals surface area contributed by atoms with Gasteiger partial charge in [0.1, 0.15) is 11.6 Å². The maximum absolute atomic E-state index is 13.2. The molecular formula is C36H35N5O5. The van der Waals surface area contributed by atoms with Gasteiger partial charge in [-0.15, -0.1) is 0 Å². The Labute approximate surface area is 267 Å². The van der Waals surface area contributed by atoms with Crippen molar-refractivity contribution in [1.29, 1.82) is 0 Å². The minimum atomic E-state index is -1.07. The molecule has 0 saturated carbocycles. The van der Waals surface area contributed by atoms with Crippen molar-refractivity contribution in [3.8, 4) is 0 Å². The second-order valence-corrected chi connectivity index (χ2v) is 10.8. The molecule has 0 spiro atoms. The number of carboxylic acid groups (broad SMARTS) is 1. The van der Waals surface area contributed by atoms with Gasteiger partial charge in [0.15, 0.2) is 0 Å². The van der Waals surface area contributed by atoms with Crippen molar-refractivity contribution in [3.05, 3.63) is 156 Å². The van der Waals surface area contributed by atoms with Crippen LogP contribution >= 0.6 is 0 Å². The van der Waals surface area contributed by atoms with E-state index in [4.69, 9.17) is 4.74 Å². The summed E-state index contributed by atoms with van der Waals surface area (Å²) < 4.78 is 7.06. The van der Waals surface area contributed by atoms with Gasteiger partial charge in [-0.3, -0.25) is 19.5 Å². The molecule has 2 N–H and O–H groups in total. The van der Waals surface area contributed by atoms with Crippen LogP contribution in [0.25, 0.3) is 0 Å². The summed E-state index contributed by atoms with van der Waals surface area (Å²) in [7, 11) is 1.26. The number of nitrogens with zero attached hydrogens (tertiary/aromatic N) is 4. The molecule has 10 heteroatoms. The summed E-state index contributed by atoms with van der Waals surface area (Å²) in [5.74, 6) is -2.23. The molecule has 0 aliphatic carbocycles. The summed E-state index contributed by atoms with van der Waals surface area (Å²) in [4.78, 5) is 47.7. The molecule has 5 aromatic rings. The normalized spacial score (nSPS) is 12.0. The molecule has 0 unspecified atom stereocenters. The number of pyridine rings is 1. The zero-order valence-electron chi connectivity index (χ0n) is 25.4. The van der Waals surface area contributed by atoms with Crippen LogP contribution < -0.4 is 5.32 Å². The molecule has 0 saturated heterocycles. The number of amides is 1. The van der Waals surface area contributed by atoms with Crippen LogP contribution in [-0.4, -0.2) is 68.6 Å². The van der Waals surface area contributed by atoms with Crippen LogP contribution in [0.3, 0.4) is 0 Å². The molecule has 1 atom stereocenters. The number of benzene rings is 3. The van der Waals surface area contributed by atoms with Gasteiger partial charge in [0.25, 0.3) is 0 Å². The summed E-state index contributed by atoms with van der Waals surface area (Å²) in [5.41, 5.74) is 3.62. The quantitative estimate of drug-likeness (QED) is 0.142. The fourth-order valence-electron chi connectivity index (χ4n) is 5.73. The van der Waals surface area contributed by atoms with Gasteiger partial charge in [-0.05, 0) is 34.4 Å². The lowest BCUT2D eigenvalue weighted by Crippen LogP contribution is -2.47. The molecule has 10 nitrogen and oxygen atoms in total. The number of hydrogen-bond acceptors (Lipinski definition) is 7. The largest absolute Gasteiger partial charge is 0.480 e. The maximum atomic E-state index is 13.2. The van der Waals surface area contributed by atoms with Crippen molar-refractivity contribution in [3.63, 3.8) is 0 Å². The van der Waals surface area contributed by atoms with E-state index in [1.54, 1.807) is 30.9 Å². The third-order valence-electron chi connectivity index (χ3n) is 7.71. The van der Waals surface area contributed by atoms with Crippen LogP contribution in [-0.2, 0) is 37.6 Å². The van der Waals surface area contributed by atoms with Gasteiger partial charge in [0.05, 0.1) is 32.2 Å². The molecular weight excluding hydrogens is 582 g/mol. The van der Waals surface area contributed by atoms with E-state index in [9.17, 15) is 19.5 Å². The highest BCUT2D eigenvalue weighted by Crippen LogP contribution is 2.40. The minimum Gasteiger partial charge on any atom is -0.480 e. The molecule has 0 radical (unpaired) electrons. The van der Waals surface area contributed by atoms with Crippen molar-refractivity contribution < 1.29 is 24.2 Å². The number of carbonyl (C=O) groups excluding carboxylic acids is 2. The van der Waals surface area contributed by atoms with Gasteiger partial charge in [-0.2, -0.15) is 0 Å². The molecule has 5 rings (SSSR count). The predicted octanol–water partition coefficient (Wildman–Crippen LogP) is 3.91. The Hall–Kier alpha value is -5.61. The number of esters is 1. The Morgan fingerprint density at radius 2 is 1.39 bits per heavy atom. The Morgan fingerprint density at radius 1 is 0.848 bits per heavy atom. The van der Waals surface area contributed by atoms with E-state index in [0.29, 0.717) is 5.69 Å². The van der Waals surface area contributed by atoms with Crippen molar-refractivity contribution in [2.24, 2.45) is 0 Å². The number of aliphatic carboxylic acids is 1. The predicted molar refractivity (Wildman–Crippen MR) is 172 cm³/mol. The first kappa shape index (κ1) is 31.8. The number of hydrogen-bond donors (Lipinski definition) is 2. The first-order valence-electron chi connectivity index (χ1n) is 14.8. The van der Waals surface area contributed by atoms with Crippen LogP contribution in [0.1, 0.15) is 27.9 Å². The Kier molecular flexibility index (Phi) is 10.3. The molecule has 0 bridgehead atoms. The number of methoxy groups -OCH3 is 1. The highest BCUT2D eigenvalue weighted by atomic mass is 16.5. The fraction of sp³-hybridized carbons (Fsp3) is 0.194. The summed E-state index contributed by atoms with van der Waals surface area (Å²) in [6.07, 6.45) is 6.88. The van der Waals surface area contributed by atoms with Gasteiger partial charge in [0, 0.05) is 31.6 Å². The van der Waals surface area contributed by atoms with Crippen LogP contribution in [0.15, 0.2) is 128 Å². The second-order valence-electron chi connectivity index (χ2n) is 10.8. The molecule has 2 aromatic heterocycles. The zero-order valence-corrected chi connectivity index (χ0v) is 25.4. The average Bonchev–Trinajstić information content (AvgIpc) is 3.54. The fourth-order valence-corrected chi connectivity index (χ4v) is 5.73. The molecule has 0 aliphatic rings. The van der Waals surface area contributed by atoms with Crippen molar-refractivity contribution >= 4 is 17.8 Å². The lowest BCUT2D eigenvalue weighted by Gasteiger charge is -2.37. The Morgan fingerprint density at radius 3 is 1.89 bits per heavy atom. The molecule has 234 valence electrons. The standard InChI is InChI=1S/C36H35N5O5/c1-46-35(45)32(39-33(42)24-40(25-34(43)44)22-27-17-19-37-20-18-27)21-31-23-41(26-38-31)36(28-11-5-2-6-12-28,29-13-7-3-8-14-29)30-15-9-4-10-16-30/h2-20,23,26,32H,21-22,24-25H2,1H3,(H,39,42)(H,43,44)/t32-/m0/s1. The van der Waals surface area contributed by atoms with Gasteiger partial charge >= 0.3 is 11.9 Å².